The summed E-state index contributed by atoms with van der Waals surface area (Å²) in [6, 6.07) is 1.73. The third kappa shape index (κ3) is 5.80. The fraction of sp³-hybridized carbons (Fsp3) is 0.500. The second-order valence-corrected chi connectivity index (χ2v) is 6.18. The first kappa shape index (κ1) is 15.4. The van der Waals surface area contributed by atoms with Gasteiger partial charge in [-0.25, -0.2) is 4.98 Å². The monoisotopic (exact) mass is 333 g/mol. The molecule has 6 heteroatoms. The Morgan fingerprint density at radius 2 is 2.17 bits per heavy atom. The van der Waals surface area contributed by atoms with Crippen LogP contribution in [0, 0.1) is 0 Å². The third-order valence-corrected chi connectivity index (χ3v) is 3.22. The molecule has 0 aliphatic rings. The molecule has 1 amide bonds. The molecule has 2 N–H and O–H groups in total. The predicted octanol–water partition coefficient (Wildman–Crippen LogP) is 3.21. The smallest absolute Gasteiger partial charge is 0.225 e. The summed E-state index contributed by atoms with van der Waals surface area (Å²) in [4.78, 5) is 15.6. The van der Waals surface area contributed by atoms with Crippen molar-refractivity contribution in [2.75, 3.05) is 11.9 Å². The van der Waals surface area contributed by atoms with Crippen molar-refractivity contribution in [1.82, 2.24) is 10.3 Å². The Labute approximate surface area is 121 Å². The maximum Gasteiger partial charge on any atom is 0.225 e. The van der Waals surface area contributed by atoms with Crippen LogP contribution in [-0.2, 0) is 4.79 Å². The van der Waals surface area contributed by atoms with E-state index in [4.69, 9.17) is 11.6 Å². The molecule has 0 unspecified atom stereocenters. The summed E-state index contributed by atoms with van der Waals surface area (Å²) in [7, 11) is 0. The first-order valence-electron chi connectivity index (χ1n) is 5.64. The average molecular weight is 335 g/mol. The van der Waals surface area contributed by atoms with Crippen molar-refractivity contribution in [2.24, 2.45) is 0 Å². The summed E-state index contributed by atoms with van der Waals surface area (Å²) in [5.41, 5.74) is 0.650. The van der Waals surface area contributed by atoms with E-state index in [0.717, 1.165) is 0 Å². The van der Waals surface area contributed by atoms with Crippen LogP contribution in [0.5, 0.6) is 0 Å². The van der Waals surface area contributed by atoms with Crippen LogP contribution in [0.2, 0.25) is 5.15 Å². The minimum atomic E-state index is -0.0530. The molecule has 1 rings (SSSR count). The summed E-state index contributed by atoms with van der Waals surface area (Å²) >= 11 is 9.03. The van der Waals surface area contributed by atoms with E-state index >= 15 is 0 Å². The highest BCUT2D eigenvalue weighted by molar-refractivity contribution is 9.10. The van der Waals surface area contributed by atoms with Crippen molar-refractivity contribution in [3.05, 3.63) is 21.9 Å². The molecule has 0 atom stereocenters. The molecule has 0 aliphatic heterocycles. The van der Waals surface area contributed by atoms with Crippen molar-refractivity contribution >= 4 is 39.1 Å². The van der Waals surface area contributed by atoms with Crippen molar-refractivity contribution in [3.63, 3.8) is 0 Å². The molecular weight excluding hydrogens is 318 g/mol. The zero-order chi connectivity index (χ0) is 13.8. The highest BCUT2D eigenvalue weighted by Crippen LogP contribution is 2.22. The van der Waals surface area contributed by atoms with Crippen LogP contribution in [0.3, 0.4) is 0 Å². The standard InChI is InChI=1S/C12H17BrClN3O/c1-12(2,3)16-5-4-10(18)17-8-6-9(13)11(14)15-7-8/h6-7,16H,4-5H2,1-3H3,(H,17,18). The van der Waals surface area contributed by atoms with E-state index in [1.165, 1.54) is 6.20 Å². The lowest BCUT2D eigenvalue weighted by molar-refractivity contribution is -0.116. The van der Waals surface area contributed by atoms with Gasteiger partial charge in [-0.15, -0.1) is 0 Å². The van der Waals surface area contributed by atoms with E-state index in [0.29, 0.717) is 28.3 Å². The zero-order valence-electron chi connectivity index (χ0n) is 10.7. The van der Waals surface area contributed by atoms with Gasteiger partial charge in [-0.2, -0.15) is 0 Å². The number of carbonyl (C=O) groups excluding carboxylic acids is 1. The molecule has 0 fully saturated rings. The molecule has 0 saturated carbocycles. The summed E-state index contributed by atoms with van der Waals surface area (Å²) < 4.78 is 0.662. The fourth-order valence-electron chi connectivity index (χ4n) is 1.26. The number of nitrogens with one attached hydrogen (secondary N) is 2. The number of anilines is 1. The van der Waals surface area contributed by atoms with Crippen LogP contribution in [0.25, 0.3) is 0 Å². The van der Waals surface area contributed by atoms with Crippen molar-refractivity contribution in [1.29, 1.82) is 0 Å². The van der Waals surface area contributed by atoms with E-state index in [1.54, 1.807) is 6.07 Å². The molecular formula is C12H17BrClN3O. The number of aromatic nitrogens is 1. The Hall–Kier alpha value is -0.650. The Bertz CT molecular complexity index is 432. The lowest BCUT2D eigenvalue weighted by Gasteiger charge is -2.20. The fourth-order valence-corrected chi connectivity index (χ4v) is 1.72. The minimum Gasteiger partial charge on any atom is -0.325 e. The summed E-state index contributed by atoms with van der Waals surface area (Å²) in [6.45, 7) is 6.82. The molecule has 0 aromatic carbocycles. The van der Waals surface area contributed by atoms with Gasteiger partial charge in [0.25, 0.3) is 0 Å². The summed E-state index contributed by atoms with van der Waals surface area (Å²) in [5.74, 6) is -0.0530. The van der Waals surface area contributed by atoms with Gasteiger partial charge in [-0.05, 0) is 42.8 Å². The molecule has 0 bridgehead atoms. The number of hydrogen-bond acceptors (Lipinski definition) is 3. The highest BCUT2D eigenvalue weighted by atomic mass is 79.9. The van der Waals surface area contributed by atoms with Crippen molar-refractivity contribution in [2.45, 2.75) is 32.7 Å². The maximum atomic E-state index is 11.7. The van der Waals surface area contributed by atoms with Crippen LogP contribution in [0.1, 0.15) is 27.2 Å². The average Bonchev–Trinajstić information content (AvgIpc) is 2.21. The first-order valence-corrected chi connectivity index (χ1v) is 6.81. The lowest BCUT2D eigenvalue weighted by atomic mass is 10.1. The first-order chi connectivity index (χ1) is 8.28. The Balaban J connectivity index is 2.42. The van der Waals surface area contributed by atoms with Crippen LogP contribution in [0.4, 0.5) is 5.69 Å². The zero-order valence-corrected chi connectivity index (χ0v) is 13.0. The summed E-state index contributed by atoms with van der Waals surface area (Å²) in [6.07, 6.45) is 1.94. The van der Waals surface area contributed by atoms with E-state index in [2.05, 4.69) is 52.3 Å². The lowest BCUT2D eigenvalue weighted by Crippen LogP contribution is -2.37. The molecule has 4 nitrogen and oxygen atoms in total. The minimum absolute atomic E-state index is 0.0190. The Kier molecular flexibility index (Phi) is 5.56. The Morgan fingerprint density at radius 1 is 1.50 bits per heavy atom. The van der Waals surface area contributed by atoms with Crippen LogP contribution >= 0.6 is 27.5 Å². The molecule has 1 heterocycles. The van der Waals surface area contributed by atoms with Gasteiger partial charge in [-0.1, -0.05) is 11.6 Å². The van der Waals surface area contributed by atoms with Gasteiger partial charge in [0.2, 0.25) is 5.91 Å². The van der Waals surface area contributed by atoms with Gasteiger partial charge >= 0.3 is 0 Å². The normalized spacial score (nSPS) is 11.4. The van der Waals surface area contributed by atoms with Gasteiger partial charge in [0.05, 0.1) is 16.4 Å². The van der Waals surface area contributed by atoms with Crippen LogP contribution < -0.4 is 10.6 Å². The maximum absolute atomic E-state index is 11.7. The second-order valence-electron chi connectivity index (χ2n) is 4.97. The number of carbonyl (C=O) groups is 1. The number of nitrogens with zero attached hydrogens (tertiary/aromatic N) is 1. The van der Waals surface area contributed by atoms with Gasteiger partial charge in [0.1, 0.15) is 5.15 Å². The summed E-state index contributed by atoms with van der Waals surface area (Å²) in [5, 5.41) is 6.40. The van der Waals surface area contributed by atoms with Crippen molar-refractivity contribution in [3.8, 4) is 0 Å². The molecule has 18 heavy (non-hydrogen) atoms. The molecule has 0 aliphatic carbocycles. The van der Waals surface area contributed by atoms with Crippen LogP contribution in [-0.4, -0.2) is 23.0 Å². The van der Waals surface area contributed by atoms with E-state index < -0.39 is 0 Å². The largest absolute Gasteiger partial charge is 0.325 e. The topological polar surface area (TPSA) is 54.0 Å². The van der Waals surface area contributed by atoms with Crippen LogP contribution in [0.15, 0.2) is 16.7 Å². The Morgan fingerprint density at radius 3 is 2.72 bits per heavy atom. The van der Waals surface area contributed by atoms with E-state index in [9.17, 15) is 4.79 Å². The molecule has 1 aromatic heterocycles. The number of pyridine rings is 1. The predicted molar refractivity (Wildman–Crippen MR) is 77.9 cm³/mol. The molecule has 100 valence electrons. The van der Waals surface area contributed by atoms with E-state index in [1.807, 2.05) is 0 Å². The number of halogens is 2. The van der Waals surface area contributed by atoms with Gasteiger partial charge < -0.3 is 10.6 Å². The third-order valence-electron chi connectivity index (χ3n) is 2.09. The molecule has 0 saturated heterocycles. The highest BCUT2D eigenvalue weighted by Gasteiger charge is 2.10. The van der Waals surface area contributed by atoms with Gasteiger partial charge in [0.15, 0.2) is 0 Å². The molecule has 0 spiro atoms. The number of rotatable bonds is 4. The quantitative estimate of drug-likeness (QED) is 0.831. The van der Waals surface area contributed by atoms with E-state index in [-0.39, 0.29) is 11.4 Å². The van der Waals surface area contributed by atoms with Gasteiger partial charge in [0, 0.05) is 18.5 Å². The number of amides is 1. The van der Waals surface area contributed by atoms with Crippen molar-refractivity contribution < 1.29 is 4.79 Å². The molecule has 1 aromatic rings. The molecule has 0 radical (unpaired) electrons. The van der Waals surface area contributed by atoms with Gasteiger partial charge in [-0.3, -0.25) is 4.79 Å². The second kappa shape index (κ2) is 6.50. The number of hydrogen-bond donors (Lipinski definition) is 2. The SMILES string of the molecule is CC(C)(C)NCCC(=O)Nc1cnc(Cl)c(Br)c1.